The van der Waals surface area contributed by atoms with Crippen molar-refractivity contribution in [3.8, 4) is 11.5 Å². The van der Waals surface area contributed by atoms with Gasteiger partial charge >= 0.3 is 5.97 Å². The maximum Gasteiger partial charge on any atom is 0.344 e. The van der Waals surface area contributed by atoms with Crippen molar-refractivity contribution in [2.75, 3.05) is 25.6 Å². The van der Waals surface area contributed by atoms with Crippen LogP contribution in [0.5, 0.6) is 11.5 Å². The van der Waals surface area contributed by atoms with Crippen molar-refractivity contribution in [1.82, 2.24) is 5.43 Å². The van der Waals surface area contributed by atoms with Crippen LogP contribution >= 0.6 is 15.9 Å². The van der Waals surface area contributed by atoms with Gasteiger partial charge in [0.1, 0.15) is 11.7 Å². The molecule has 2 N–H and O–H groups in total. The van der Waals surface area contributed by atoms with Crippen LogP contribution < -0.4 is 20.2 Å². The summed E-state index contributed by atoms with van der Waals surface area (Å²) in [7, 11) is 1.43. The van der Waals surface area contributed by atoms with E-state index in [1.807, 2.05) is 0 Å². The van der Waals surface area contributed by atoms with E-state index in [-0.39, 0.29) is 18.9 Å². The van der Waals surface area contributed by atoms with Crippen molar-refractivity contribution in [3.63, 3.8) is 0 Å². The third-order valence-electron chi connectivity index (χ3n) is 4.20. The lowest BCUT2D eigenvalue weighted by molar-refractivity contribution is -0.145. The first kappa shape index (κ1) is 25.8. The van der Waals surface area contributed by atoms with Crippen molar-refractivity contribution in [2.45, 2.75) is 13.8 Å². The molecule has 0 heterocycles. The summed E-state index contributed by atoms with van der Waals surface area (Å²) in [5.74, 6) is -2.99. The van der Waals surface area contributed by atoms with E-state index < -0.39 is 29.5 Å². The number of methoxy groups -OCH3 is 1. The van der Waals surface area contributed by atoms with Gasteiger partial charge in [-0.05, 0) is 59.6 Å². The largest absolute Gasteiger partial charge is 0.493 e. The molecular weight excluding hydrogens is 501 g/mol. The highest BCUT2D eigenvalue weighted by Crippen LogP contribution is 2.36. The number of carbonyl (C=O) groups is 3. The Bertz CT molecular complexity index is 1050. The lowest BCUT2D eigenvalue weighted by Gasteiger charge is -2.13. The maximum atomic E-state index is 13.7. The van der Waals surface area contributed by atoms with Crippen LogP contribution in [-0.4, -0.2) is 44.3 Å². The number of hydrazone groups is 1. The summed E-state index contributed by atoms with van der Waals surface area (Å²) in [4.78, 5) is 35.9. The Labute approximate surface area is 198 Å². The van der Waals surface area contributed by atoms with Gasteiger partial charge in [-0.25, -0.2) is 14.6 Å². The van der Waals surface area contributed by atoms with Gasteiger partial charge < -0.3 is 19.5 Å². The molecule has 0 aliphatic carbocycles. The molecular formula is C22H23BrFN3O6. The zero-order chi connectivity index (χ0) is 24.4. The van der Waals surface area contributed by atoms with Crippen LogP contribution in [0.1, 0.15) is 19.4 Å². The Hall–Kier alpha value is -3.47. The summed E-state index contributed by atoms with van der Waals surface area (Å²) >= 11 is 3.34. The van der Waals surface area contributed by atoms with E-state index >= 15 is 0 Å². The van der Waals surface area contributed by atoms with Crippen LogP contribution in [0.3, 0.4) is 0 Å². The SMILES string of the molecule is CCOC(=O)COc1c(Br)cc(C=NNC(=O)C(C)C(=O)Nc2ccccc2F)cc1OC. The molecule has 0 aromatic heterocycles. The Morgan fingerprint density at radius 1 is 1.21 bits per heavy atom. The van der Waals surface area contributed by atoms with Crippen LogP contribution in [-0.2, 0) is 19.1 Å². The fraction of sp³-hybridized carbons (Fsp3) is 0.273. The molecule has 0 spiro atoms. The number of carbonyl (C=O) groups excluding carboxylic acids is 3. The summed E-state index contributed by atoms with van der Waals surface area (Å²) in [5.41, 5.74) is 2.78. The average Bonchev–Trinajstić information content (AvgIpc) is 2.79. The standard InChI is InChI=1S/C22H23BrFN3O6/c1-4-32-19(28)12-33-20-15(23)9-14(10-18(20)31-3)11-25-27-22(30)13(2)21(29)26-17-8-6-5-7-16(17)24/h5-11,13H,4,12H2,1-3H3,(H,26,29)(H,27,30). The summed E-state index contributed by atoms with van der Waals surface area (Å²) in [6.45, 7) is 3.01. The molecule has 0 saturated heterocycles. The van der Waals surface area contributed by atoms with Crippen LogP contribution in [0.15, 0.2) is 46.0 Å². The second-order valence-corrected chi connectivity index (χ2v) is 7.41. The van der Waals surface area contributed by atoms with Crippen molar-refractivity contribution in [3.05, 3.63) is 52.3 Å². The van der Waals surface area contributed by atoms with Gasteiger partial charge in [0, 0.05) is 0 Å². The first-order valence-electron chi connectivity index (χ1n) is 9.81. The Kier molecular flexibility index (Phi) is 9.80. The quantitative estimate of drug-likeness (QED) is 0.214. The fourth-order valence-corrected chi connectivity index (χ4v) is 3.05. The van der Waals surface area contributed by atoms with E-state index in [9.17, 15) is 18.8 Å². The maximum absolute atomic E-state index is 13.7. The Morgan fingerprint density at radius 3 is 2.61 bits per heavy atom. The van der Waals surface area contributed by atoms with Crippen LogP contribution in [0.4, 0.5) is 10.1 Å². The lowest BCUT2D eigenvalue weighted by Crippen LogP contribution is -2.34. The van der Waals surface area contributed by atoms with Crippen molar-refractivity contribution >= 4 is 45.6 Å². The number of rotatable bonds is 10. The van der Waals surface area contributed by atoms with Gasteiger partial charge in [0.2, 0.25) is 5.91 Å². The first-order chi connectivity index (χ1) is 15.8. The van der Waals surface area contributed by atoms with Gasteiger partial charge in [-0.3, -0.25) is 9.59 Å². The topological polar surface area (TPSA) is 115 Å². The third-order valence-corrected chi connectivity index (χ3v) is 4.79. The highest BCUT2D eigenvalue weighted by atomic mass is 79.9. The number of amides is 2. The predicted molar refractivity (Wildman–Crippen MR) is 123 cm³/mol. The minimum absolute atomic E-state index is 0.0205. The molecule has 0 fully saturated rings. The highest BCUT2D eigenvalue weighted by molar-refractivity contribution is 9.10. The minimum atomic E-state index is -1.12. The molecule has 2 aromatic rings. The van der Waals surface area contributed by atoms with Gasteiger partial charge in [-0.2, -0.15) is 5.10 Å². The molecule has 2 aromatic carbocycles. The van der Waals surface area contributed by atoms with Crippen molar-refractivity contribution in [2.24, 2.45) is 11.0 Å². The fourth-order valence-electron chi connectivity index (χ4n) is 2.48. The summed E-state index contributed by atoms with van der Waals surface area (Å²) in [6, 6.07) is 8.85. The Morgan fingerprint density at radius 2 is 1.94 bits per heavy atom. The van der Waals surface area contributed by atoms with E-state index in [0.29, 0.717) is 21.5 Å². The average molecular weight is 524 g/mol. The highest BCUT2D eigenvalue weighted by Gasteiger charge is 2.22. The molecule has 1 atom stereocenters. The third kappa shape index (κ3) is 7.56. The number of esters is 1. The summed E-state index contributed by atoms with van der Waals surface area (Å²) in [5, 5.41) is 6.20. The second kappa shape index (κ2) is 12.5. The number of anilines is 1. The number of nitrogens with one attached hydrogen (secondary N) is 2. The molecule has 176 valence electrons. The number of ether oxygens (including phenoxy) is 3. The molecule has 11 heteroatoms. The van der Waals surface area contributed by atoms with E-state index in [0.717, 1.165) is 0 Å². The minimum Gasteiger partial charge on any atom is -0.493 e. The molecule has 2 rings (SSSR count). The van der Waals surface area contributed by atoms with E-state index in [4.69, 9.17) is 14.2 Å². The normalized spacial score (nSPS) is 11.5. The summed E-state index contributed by atoms with van der Waals surface area (Å²) in [6.07, 6.45) is 1.34. The van der Waals surface area contributed by atoms with Gasteiger partial charge in [0.05, 0.1) is 30.1 Å². The number of hydrogen-bond acceptors (Lipinski definition) is 7. The number of nitrogens with zero attached hydrogens (tertiary/aromatic N) is 1. The van der Waals surface area contributed by atoms with Gasteiger partial charge in [-0.1, -0.05) is 12.1 Å². The van der Waals surface area contributed by atoms with Crippen LogP contribution in [0, 0.1) is 11.7 Å². The predicted octanol–water partition coefficient (Wildman–Crippen LogP) is 3.26. The molecule has 0 saturated carbocycles. The molecule has 0 bridgehead atoms. The zero-order valence-electron chi connectivity index (χ0n) is 18.2. The van der Waals surface area contributed by atoms with E-state index in [1.54, 1.807) is 25.1 Å². The smallest absolute Gasteiger partial charge is 0.344 e. The van der Waals surface area contributed by atoms with Crippen LogP contribution in [0.2, 0.25) is 0 Å². The van der Waals surface area contributed by atoms with E-state index in [1.165, 1.54) is 38.4 Å². The number of hydrogen-bond donors (Lipinski definition) is 2. The molecule has 0 aliphatic rings. The number of para-hydroxylation sites is 1. The molecule has 33 heavy (non-hydrogen) atoms. The van der Waals surface area contributed by atoms with Crippen molar-refractivity contribution < 1.29 is 33.0 Å². The monoisotopic (exact) mass is 523 g/mol. The number of benzene rings is 2. The second-order valence-electron chi connectivity index (χ2n) is 6.55. The summed E-state index contributed by atoms with van der Waals surface area (Å²) < 4.78 is 29.7. The van der Waals surface area contributed by atoms with Gasteiger partial charge in [0.15, 0.2) is 18.1 Å². The lowest BCUT2D eigenvalue weighted by atomic mass is 10.1. The molecule has 0 aliphatic heterocycles. The molecule has 2 amide bonds. The zero-order valence-corrected chi connectivity index (χ0v) is 19.8. The van der Waals surface area contributed by atoms with E-state index in [2.05, 4.69) is 31.8 Å². The molecule has 1 unspecified atom stereocenters. The van der Waals surface area contributed by atoms with Gasteiger partial charge in [0.25, 0.3) is 5.91 Å². The Balaban J connectivity index is 2.00. The molecule has 0 radical (unpaired) electrons. The molecule has 9 nitrogen and oxygen atoms in total. The van der Waals surface area contributed by atoms with Crippen molar-refractivity contribution in [1.29, 1.82) is 0 Å². The van der Waals surface area contributed by atoms with Gasteiger partial charge in [-0.15, -0.1) is 0 Å². The van der Waals surface area contributed by atoms with Crippen LogP contribution in [0.25, 0.3) is 0 Å². The number of halogens is 2. The first-order valence-corrected chi connectivity index (χ1v) is 10.6.